The summed E-state index contributed by atoms with van der Waals surface area (Å²) >= 11 is 0. The Kier molecular flexibility index (Phi) is 9.62. The molecule has 0 saturated carbocycles. The summed E-state index contributed by atoms with van der Waals surface area (Å²) in [7, 11) is 0. The van der Waals surface area contributed by atoms with Gasteiger partial charge in [-0.25, -0.2) is 4.79 Å². The van der Waals surface area contributed by atoms with Crippen molar-refractivity contribution in [1.82, 2.24) is 10.2 Å². The first-order valence-corrected chi connectivity index (χ1v) is 8.09. The monoisotopic (exact) mass is 302 g/mol. The number of hydrogen-bond donors (Lipinski definition) is 2. The highest BCUT2D eigenvalue weighted by atomic mass is 16.6. The normalized spacial score (nSPS) is 14.6. The Bertz CT molecular complexity index is 288. The van der Waals surface area contributed by atoms with E-state index in [-0.39, 0.29) is 6.09 Å². The first-order valence-electron chi connectivity index (χ1n) is 8.09. The molecule has 126 valence electrons. The summed E-state index contributed by atoms with van der Waals surface area (Å²) < 4.78 is 5.38. The maximum atomic E-state index is 12.1. The highest BCUT2D eigenvalue weighted by Crippen LogP contribution is 2.10. The molecular weight excluding hydrogens is 268 g/mol. The summed E-state index contributed by atoms with van der Waals surface area (Å²) in [6, 6.07) is 0.488. The van der Waals surface area contributed by atoms with Gasteiger partial charge in [0.1, 0.15) is 5.60 Å². The Labute approximate surface area is 130 Å². The van der Waals surface area contributed by atoms with Crippen LogP contribution in [-0.2, 0) is 4.74 Å². The van der Waals surface area contributed by atoms with Gasteiger partial charge < -0.3 is 20.1 Å². The van der Waals surface area contributed by atoms with Crippen LogP contribution in [-0.4, -0.2) is 53.5 Å². The second-order valence-electron chi connectivity index (χ2n) is 6.62. The average Bonchev–Trinajstić information content (AvgIpc) is 2.33. The average molecular weight is 302 g/mol. The fourth-order valence-electron chi connectivity index (χ4n) is 2.11. The number of rotatable bonds is 9. The number of aliphatic hydroxyl groups excluding tert-OH is 1. The van der Waals surface area contributed by atoms with Crippen LogP contribution in [0.15, 0.2) is 0 Å². The van der Waals surface area contributed by atoms with Gasteiger partial charge in [-0.2, -0.15) is 0 Å². The molecule has 0 aliphatic heterocycles. The van der Waals surface area contributed by atoms with Crippen molar-refractivity contribution in [2.24, 2.45) is 0 Å². The molecule has 21 heavy (non-hydrogen) atoms. The fraction of sp³-hybridized carbons (Fsp3) is 0.938. The zero-order valence-corrected chi connectivity index (χ0v) is 14.6. The van der Waals surface area contributed by atoms with Crippen molar-refractivity contribution in [2.45, 2.75) is 78.6 Å². The van der Waals surface area contributed by atoms with E-state index in [4.69, 9.17) is 4.74 Å². The highest BCUT2D eigenvalue weighted by molar-refractivity contribution is 5.68. The predicted molar refractivity (Wildman–Crippen MR) is 86.5 cm³/mol. The zero-order valence-electron chi connectivity index (χ0n) is 14.6. The standard InChI is InChI=1S/C16H34N2O3/c1-7-9-14(8-2)17-10-11-18(12-13(3)19)15(20)21-16(4,5)6/h13-14,17,19H,7-12H2,1-6H3. The van der Waals surface area contributed by atoms with E-state index in [9.17, 15) is 9.90 Å². The van der Waals surface area contributed by atoms with Gasteiger partial charge in [0.25, 0.3) is 0 Å². The number of nitrogens with zero attached hydrogens (tertiary/aromatic N) is 1. The van der Waals surface area contributed by atoms with Crippen molar-refractivity contribution < 1.29 is 14.6 Å². The highest BCUT2D eigenvalue weighted by Gasteiger charge is 2.23. The second-order valence-corrected chi connectivity index (χ2v) is 6.62. The number of amides is 1. The van der Waals surface area contributed by atoms with Gasteiger partial charge >= 0.3 is 6.09 Å². The number of aliphatic hydroxyl groups is 1. The molecule has 0 radical (unpaired) electrons. The van der Waals surface area contributed by atoms with E-state index in [2.05, 4.69) is 19.2 Å². The van der Waals surface area contributed by atoms with Crippen LogP contribution in [0.4, 0.5) is 4.79 Å². The van der Waals surface area contributed by atoms with Gasteiger partial charge in [0.2, 0.25) is 0 Å². The van der Waals surface area contributed by atoms with Crippen LogP contribution in [0.5, 0.6) is 0 Å². The first kappa shape index (κ1) is 20.2. The maximum absolute atomic E-state index is 12.1. The molecule has 5 nitrogen and oxygen atoms in total. The molecule has 0 aromatic heterocycles. The number of carbonyl (C=O) groups excluding carboxylic acids is 1. The molecule has 0 saturated heterocycles. The van der Waals surface area contributed by atoms with E-state index in [1.807, 2.05) is 20.8 Å². The van der Waals surface area contributed by atoms with Crippen LogP contribution in [0.1, 0.15) is 60.8 Å². The van der Waals surface area contributed by atoms with Crippen molar-refractivity contribution in [3.8, 4) is 0 Å². The molecule has 0 fully saturated rings. The summed E-state index contributed by atoms with van der Waals surface area (Å²) in [5.74, 6) is 0. The topological polar surface area (TPSA) is 61.8 Å². The number of ether oxygens (including phenoxy) is 1. The van der Waals surface area contributed by atoms with E-state index in [0.29, 0.717) is 25.7 Å². The third-order valence-electron chi connectivity index (χ3n) is 3.08. The molecule has 1 amide bonds. The zero-order chi connectivity index (χ0) is 16.5. The summed E-state index contributed by atoms with van der Waals surface area (Å²) in [5, 5.41) is 13.0. The quantitative estimate of drug-likeness (QED) is 0.687. The number of hydrogen-bond acceptors (Lipinski definition) is 4. The minimum absolute atomic E-state index is 0.293. The molecule has 0 aromatic rings. The maximum Gasteiger partial charge on any atom is 0.410 e. The molecule has 0 rings (SSSR count). The second kappa shape index (κ2) is 10.0. The van der Waals surface area contributed by atoms with Gasteiger partial charge in [0.15, 0.2) is 0 Å². The molecule has 0 aliphatic rings. The lowest BCUT2D eigenvalue weighted by molar-refractivity contribution is 0.0163. The van der Waals surface area contributed by atoms with E-state index in [1.165, 1.54) is 0 Å². The Morgan fingerprint density at radius 2 is 1.95 bits per heavy atom. The summed E-state index contributed by atoms with van der Waals surface area (Å²) in [6.45, 7) is 13.1. The Morgan fingerprint density at radius 1 is 1.33 bits per heavy atom. The van der Waals surface area contributed by atoms with Crippen LogP contribution in [0, 0.1) is 0 Å². The largest absolute Gasteiger partial charge is 0.444 e. The van der Waals surface area contributed by atoms with E-state index >= 15 is 0 Å². The fourth-order valence-corrected chi connectivity index (χ4v) is 2.11. The minimum Gasteiger partial charge on any atom is -0.444 e. The van der Waals surface area contributed by atoms with Crippen molar-refractivity contribution in [2.75, 3.05) is 19.6 Å². The van der Waals surface area contributed by atoms with Gasteiger partial charge in [-0.15, -0.1) is 0 Å². The molecular formula is C16H34N2O3. The number of nitrogens with one attached hydrogen (secondary N) is 1. The summed E-state index contributed by atoms with van der Waals surface area (Å²) in [6.07, 6.45) is 2.44. The lowest BCUT2D eigenvalue weighted by Crippen LogP contribution is -2.44. The van der Waals surface area contributed by atoms with Gasteiger partial charge in [-0.05, 0) is 40.5 Å². The van der Waals surface area contributed by atoms with Crippen LogP contribution >= 0.6 is 0 Å². The minimum atomic E-state index is -0.560. The molecule has 5 heteroatoms. The van der Waals surface area contributed by atoms with E-state index < -0.39 is 11.7 Å². The number of carbonyl (C=O) groups is 1. The van der Waals surface area contributed by atoms with Crippen molar-refractivity contribution in [3.63, 3.8) is 0 Å². The molecule has 2 atom stereocenters. The Balaban J connectivity index is 4.39. The SMILES string of the molecule is CCCC(CC)NCCN(CC(C)O)C(=O)OC(C)(C)C. The van der Waals surface area contributed by atoms with Crippen LogP contribution in [0.3, 0.4) is 0 Å². The van der Waals surface area contributed by atoms with Crippen LogP contribution in [0.25, 0.3) is 0 Å². The third kappa shape index (κ3) is 10.5. The van der Waals surface area contributed by atoms with Crippen molar-refractivity contribution >= 4 is 6.09 Å². The van der Waals surface area contributed by atoms with Crippen molar-refractivity contribution in [3.05, 3.63) is 0 Å². The molecule has 0 bridgehead atoms. The third-order valence-corrected chi connectivity index (χ3v) is 3.08. The Morgan fingerprint density at radius 3 is 2.38 bits per heavy atom. The van der Waals surface area contributed by atoms with Crippen molar-refractivity contribution in [1.29, 1.82) is 0 Å². The molecule has 0 spiro atoms. The van der Waals surface area contributed by atoms with Crippen LogP contribution < -0.4 is 5.32 Å². The lowest BCUT2D eigenvalue weighted by Gasteiger charge is -2.29. The van der Waals surface area contributed by atoms with E-state index in [1.54, 1.807) is 11.8 Å². The molecule has 0 aromatic carbocycles. The summed E-state index contributed by atoms with van der Waals surface area (Å²) in [5.41, 5.74) is -0.518. The summed E-state index contributed by atoms with van der Waals surface area (Å²) in [4.78, 5) is 13.7. The molecule has 0 aliphatic carbocycles. The predicted octanol–water partition coefficient (Wildman–Crippen LogP) is 2.77. The smallest absolute Gasteiger partial charge is 0.410 e. The first-order chi connectivity index (χ1) is 9.69. The van der Waals surface area contributed by atoms with E-state index in [0.717, 1.165) is 19.3 Å². The Hall–Kier alpha value is -0.810. The van der Waals surface area contributed by atoms with Crippen LogP contribution in [0.2, 0.25) is 0 Å². The van der Waals surface area contributed by atoms with Gasteiger partial charge in [0, 0.05) is 25.7 Å². The molecule has 0 heterocycles. The molecule has 2 N–H and O–H groups in total. The van der Waals surface area contributed by atoms with Gasteiger partial charge in [0.05, 0.1) is 6.10 Å². The molecule has 2 unspecified atom stereocenters. The van der Waals surface area contributed by atoms with Gasteiger partial charge in [-0.1, -0.05) is 20.3 Å². The van der Waals surface area contributed by atoms with Gasteiger partial charge in [-0.3, -0.25) is 0 Å². The lowest BCUT2D eigenvalue weighted by atomic mass is 10.1.